The number of aromatic amines is 4. The van der Waals surface area contributed by atoms with Gasteiger partial charge < -0.3 is 79.0 Å². The quantitative estimate of drug-likeness (QED) is 0.0484. The zero-order valence-corrected chi connectivity index (χ0v) is 58.9. The van der Waals surface area contributed by atoms with E-state index in [0.717, 1.165) is 44.5 Å². The summed E-state index contributed by atoms with van der Waals surface area (Å²) in [5.41, 5.74) is 21.8. The molecule has 13 aromatic rings. The SMILES string of the molecule is COc1cc(-c2c3nc(cc4cc(-c5ccc(-c6cc7cc8nc(c(-c9ccc(O)c(OC)c9)c9ccc([nH]9)c(-c9ccc(O)c(OC)c9)c9nc(c(-c%10ccc(O)c(OC)c%10)c6[nH]7)C=C9)C=C8)cc5)c([nH]4)c(-c4ccc(O)c(OC)c4)c4nc(c(-c5ccc(O)c(OC)c5)c5ccc2[nH]5)C=C4)C=C3)ccc1O. The number of hydrogen-bond acceptors (Lipinski definition) is 16. The van der Waals surface area contributed by atoms with Gasteiger partial charge in [-0.15, -0.1) is 0 Å². The molecule has 0 spiro atoms. The maximum atomic E-state index is 11.2. The second-order valence-electron chi connectivity index (χ2n) is 26.0. The van der Waals surface area contributed by atoms with Crippen LogP contribution in [0.2, 0.25) is 0 Å². The molecule has 0 atom stereocenters. The highest BCUT2D eigenvalue weighted by atomic mass is 16.5. The van der Waals surface area contributed by atoms with Crippen molar-refractivity contribution in [3.8, 4) is 158 Å². The fourth-order valence-corrected chi connectivity index (χ4v) is 14.6. The van der Waals surface area contributed by atoms with Gasteiger partial charge in [0.2, 0.25) is 0 Å². The van der Waals surface area contributed by atoms with Gasteiger partial charge in [0.05, 0.1) is 99.2 Å². The lowest BCUT2D eigenvalue weighted by molar-refractivity contribution is 0.373. The summed E-state index contributed by atoms with van der Waals surface area (Å²) in [6, 6.07) is 55.5. The highest BCUT2D eigenvalue weighted by molar-refractivity contribution is 6.05. The minimum Gasteiger partial charge on any atom is -0.504 e. The Bertz CT molecular complexity index is 6050. The smallest absolute Gasteiger partial charge is 0.161 e. The highest BCUT2D eigenvalue weighted by Gasteiger charge is 2.25. The van der Waals surface area contributed by atoms with E-state index >= 15 is 0 Å². The van der Waals surface area contributed by atoms with Crippen LogP contribution in [0, 0.1) is 0 Å². The largest absolute Gasteiger partial charge is 0.504 e. The lowest BCUT2D eigenvalue weighted by Gasteiger charge is -2.11. The molecule has 0 fully saturated rings. The van der Waals surface area contributed by atoms with Gasteiger partial charge in [-0.1, -0.05) is 60.7 Å². The van der Waals surface area contributed by atoms with Crippen molar-refractivity contribution in [1.82, 2.24) is 39.9 Å². The van der Waals surface area contributed by atoms with E-state index in [0.29, 0.717) is 134 Å². The Kier molecular flexibility index (Phi) is 16.6. The number of methoxy groups -OCH3 is 6. The van der Waals surface area contributed by atoms with Crippen LogP contribution in [0.1, 0.15) is 45.6 Å². The van der Waals surface area contributed by atoms with Crippen LogP contribution >= 0.6 is 0 Å². The minimum absolute atomic E-state index is 0.0188. The molecule has 20 nitrogen and oxygen atoms in total. The van der Waals surface area contributed by atoms with E-state index in [4.69, 9.17) is 48.4 Å². The number of H-pyrrole nitrogens is 4. The van der Waals surface area contributed by atoms with E-state index in [9.17, 15) is 30.6 Å². The summed E-state index contributed by atoms with van der Waals surface area (Å²) >= 11 is 0. The fraction of sp³-hybridized carbons (Fsp3) is 0.0682. The number of nitrogens with zero attached hydrogens (tertiary/aromatic N) is 4. The topological polar surface area (TPSA) is 291 Å². The molecule has 17 rings (SSSR count). The average molecular weight is 1430 g/mol. The van der Waals surface area contributed by atoms with E-state index in [1.165, 1.54) is 42.7 Å². The number of ether oxygens (including phenoxy) is 6. The van der Waals surface area contributed by atoms with Crippen LogP contribution in [0.15, 0.2) is 182 Å². The van der Waals surface area contributed by atoms with Crippen LogP contribution in [0.5, 0.6) is 69.0 Å². The number of nitrogens with one attached hydrogen (secondary N) is 4. The van der Waals surface area contributed by atoms with Gasteiger partial charge in [0.1, 0.15) is 0 Å². The van der Waals surface area contributed by atoms with E-state index in [2.05, 4.69) is 56.3 Å². The predicted molar refractivity (Wildman–Crippen MR) is 424 cm³/mol. The molecule has 20 heteroatoms. The molecule has 0 amide bonds. The van der Waals surface area contributed by atoms with Crippen molar-refractivity contribution in [2.45, 2.75) is 0 Å². The average Bonchev–Trinajstić information content (AvgIpc) is 1.60. The first-order valence-electron chi connectivity index (χ1n) is 34.3. The summed E-state index contributed by atoms with van der Waals surface area (Å²) < 4.78 is 34.3. The third-order valence-electron chi connectivity index (χ3n) is 19.7. The number of phenols is 6. The zero-order chi connectivity index (χ0) is 74.2. The summed E-state index contributed by atoms with van der Waals surface area (Å²) in [5.74, 6) is 1.35. The second kappa shape index (κ2) is 26.9. The first kappa shape index (κ1) is 66.6. The van der Waals surface area contributed by atoms with Crippen LogP contribution < -0.4 is 28.4 Å². The van der Waals surface area contributed by atoms with Gasteiger partial charge in [-0.2, -0.15) is 0 Å². The third-order valence-corrected chi connectivity index (χ3v) is 19.7. The molecule has 4 aliphatic heterocycles. The van der Waals surface area contributed by atoms with Crippen LogP contribution in [-0.4, -0.2) is 113 Å². The number of phenolic OH excluding ortho intramolecular Hbond substituents is 6. The number of rotatable bonds is 14. The summed E-state index contributed by atoms with van der Waals surface area (Å²) in [6.45, 7) is 0. The summed E-state index contributed by atoms with van der Waals surface area (Å²) in [5, 5.41) is 66.1. The standard InChI is InChI=1S/C88H66N8O12/c1-103-75-35-47(11-29-69(75)97)81-59-19-17-53(89-59)41-55-43-57(87(91-55)85(51-15-33-73(101)79(39-51)107-5)67-27-25-65(95-67)83(63-23-21-61(81)93-63)49-13-31-71(99)77(37-49)105-3)45-7-9-46(10-8-45)58-44-56-42-54-18-20-60(90-54)82(48-12-30-70(98)76(36-48)104-2)62-22-24-64(94-62)84(50-14-32-72(100)78(38-50)106-4)66-26-28-68(96-66)86(88(58)92-56)52-16-34-74(102)80(40-52)108-6/h7-44,91-94,97-102H,1-6H3. The number of aromatic hydroxyl groups is 6. The highest BCUT2D eigenvalue weighted by Crippen LogP contribution is 2.47. The van der Waals surface area contributed by atoms with Gasteiger partial charge in [0.15, 0.2) is 69.0 Å². The summed E-state index contributed by atoms with van der Waals surface area (Å²) in [4.78, 5) is 36.7. The van der Waals surface area contributed by atoms with Crippen molar-refractivity contribution in [3.63, 3.8) is 0 Å². The molecule has 10 N–H and O–H groups in total. The maximum Gasteiger partial charge on any atom is 0.161 e. The van der Waals surface area contributed by atoms with E-state index in [1.807, 2.05) is 121 Å². The minimum atomic E-state index is -0.0516. The lowest BCUT2D eigenvalue weighted by atomic mass is 9.95. The van der Waals surface area contributed by atoms with E-state index in [1.54, 1.807) is 72.8 Å². The molecule has 0 unspecified atom stereocenters. The number of hydrogen-bond donors (Lipinski definition) is 10. The van der Waals surface area contributed by atoms with Gasteiger partial charge in [-0.05, 0) is 214 Å². The van der Waals surface area contributed by atoms with Crippen molar-refractivity contribution in [1.29, 1.82) is 0 Å². The molecule has 7 aromatic carbocycles. The summed E-state index contributed by atoms with van der Waals surface area (Å²) in [6.07, 6.45) is 15.6. The Labute approximate surface area is 616 Å². The third kappa shape index (κ3) is 11.8. The van der Waals surface area contributed by atoms with Crippen LogP contribution in [0.3, 0.4) is 0 Å². The fourth-order valence-electron chi connectivity index (χ4n) is 14.6. The molecule has 4 aliphatic rings. The zero-order valence-electron chi connectivity index (χ0n) is 58.9. The normalized spacial score (nSPS) is 12.1. The molecule has 6 aromatic heterocycles. The molecule has 0 aliphatic carbocycles. The molecule has 10 heterocycles. The molecule has 0 saturated heterocycles. The van der Waals surface area contributed by atoms with Crippen LogP contribution in [0.25, 0.3) is 182 Å². The van der Waals surface area contributed by atoms with Crippen molar-refractivity contribution < 1.29 is 59.1 Å². The Morgan fingerprint density at radius 3 is 0.731 bits per heavy atom. The number of fused-ring (bicyclic) bond motifs is 16. The Morgan fingerprint density at radius 2 is 0.463 bits per heavy atom. The first-order valence-corrected chi connectivity index (χ1v) is 34.3. The van der Waals surface area contributed by atoms with E-state index < -0.39 is 0 Å². The maximum absolute atomic E-state index is 11.2. The number of benzene rings is 7. The number of aromatic nitrogens is 8. The summed E-state index contributed by atoms with van der Waals surface area (Å²) in [7, 11) is 9.03. The Morgan fingerprint density at radius 1 is 0.231 bits per heavy atom. The predicted octanol–water partition coefficient (Wildman–Crippen LogP) is 19.2. The van der Waals surface area contributed by atoms with Gasteiger partial charge in [-0.25, -0.2) is 19.9 Å². The molecular formula is C88H66N8O12. The van der Waals surface area contributed by atoms with Crippen LogP contribution in [-0.2, 0) is 0 Å². The van der Waals surface area contributed by atoms with E-state index in [-0.39, 0.29) is 69.0 Å². The van der Waals surface area contributed by atoms with Crippen molar-refractivity contribution >= 4 is 92.7 Å². The second-order valence-corrected chi connectivity index (χ2v) is 26.0. The van der Waals surface area contributed by atoms with Gasteiger partial charge in [-0.3, -0.25) is 0 Å². The van der Waals surface area contributed by atoms with Gasteiger partial charge >= 0.3 is 0 Å². The molecule has 0 radical (unpaired) electrons. The molecule has 0 saturated carbocycles. The lowest BCUT2D eigenvalue weighted by Crippen LogP contribution is -1.92. The van der Waals surface area contributed by atoms with Crippen molar-refractivity contribution in [2.24, 2.45) is 0 Å². The Balaban J connectivity index is 0.938. The first-order chi connectivity index (χ1) is 52.6. The molecule has 108 heavy (non-hydrogen) atoms. The Hall–Kier alpha value is -14.7. The monoisotopic (exact) mass is 1430 g/mol. The van der Waals surface area contributed by atoms with Crippen molar-refractivity contribution in [2.75, 3.05) is 42.7 Å². The molecule has 16 bridgehead atoms. The van der Waals surface area contributed by atoms with Gasteiger partial charge in [0.25, 0.3) is 0 Å². The van der Waals surface area contributed by atoms with Gasteiger partial charge in [0, 0.05) is 77.6 Å². The van der Waals surface area contributed by atoms with Crippen LogP contribution in [0.4, 0.5) is 0 Å². The van der Waals surface area contributed by atoms with Crippen molar-refractivity contribution in [3.05, 3.63) is 228 Å². The molecule has 530 valence electrons. The molecular weight excluding hydrogens is 1360 g/mol.